The Bertz CT molecular complexity index is 1460. The second-order valence-electron chi connectivity index (χ2n) is 17.3. The fourth-order valence-electron chi connectivity index (χ4n) is 4.72. The Balaban J connectivity index is 2.85. The molecule has 0 saturated heterocycles. The predicted octanol–water partition coefficient (Wildman–Crippen LogP) is 12.6. The third-order valence-corrected chi connectivity index (χ3v) is 19.3. The first kappa shape index (κ1) is 49.0. The number of hydrogen-bond acceptors (Lipinski definition) is 6. The van der Waals surface area contributed by atoms with Crippen molar-refractivity contribution >= 4 is 22.6 Å². The molecule has 3 atom stereocenters. The second-order valence-corrected chi connectivity index (χ2v) is 26.8. The normalized spacial score (nSPS) is 16.0. The Morgan fingerprint density at radius 3 is 1.81 bits per heavy atom. The molecule has 8 heteroatoms. The van der Waals surface area contributed by atoms with E-state index >= 15 is 0 Å². The van der Waals surface area contributed by atoms with Crippen molar-refractivity contribution in [2.45, 2.75) is 137 Å². The lowest BCUT2D eigenvalue weighted by Gasteiger charge is -2.40. The van der Waals surface area contributed by atoms with E-state index in [4.69, 9.17) is 23.1 Å². The van der Waals surface area contributed by atoms with Gasteiger partial charge in [0.15, 0.2) is 16.6 Å². The average Bonchev–Trinajstić information content (AvgIpc) is 3.08. The van der Waals surface area contributed by atoms with Gasteiger partial charge in [-0.15, -0.1) is 0 Å². The van der Waals surface area contributed by atoms with Gasteiger partial charge in [-0.1, -0.05) is 145 Å². The van der Waals surface area contributed by atoms with Gasteiger partial charge in [0.1, 0.15) is 5.75 Å². The molecule has 0 spiro atoms. The summed E-state index contributed by atoms with van der Waals surface area (Å²) in [6, 6.07) is 8.01. The summed E-state index contributed by atoms with van der Waals surface area (Å²) in [4.78, 5) is 11.6. The van der Waals surface area contributed by atoms with E-state index in [9.17, 15) is 4.79 Å². The van der Waals surface area contributed by atoms with Crippen LogP contribution in [0.5, 0.6) is 5.75 Å². The minimum Gasteiger partial charge on any atom is -0.497 e. The van der Waals surface area contributed by atoms with E-state index in [-0.39, 0.29) is 34.2 Å². The van der Waals surface area contributed by atoms with E-state index in [2.05, 4.69) is 125 Å². The first-order valence-corrected chi connectivity index (χ1v) is 25.3. The van der Waals surface area contributed by atoms with Crippen LogP contribution in [-0.4, -0.2) is 55.6 Å². The summed E-state index contributed by atoms with van der Waals surface area (Å²) in [5, 5.41) is 0.220. The van der Waals surface area contributed by atoms with Gasteiger partial charge >= 0.3 is 5.97 Å². The molecule has 0 unspecified atom stereocenters. The van der Waals surface area contributed by atoms with Crippen LogP contribution < -0.4 is 4.74 Å². The Labute approximate surface area is 332 Å². The molecule has 0 aliphatic heterocycles. The third kappa shape index (κ3) is 19.5. The number of rotatable bonds is 22. The van der Waals surface area contributed by atoms with E-state index in [1.54, 1.807) is 7.11 Å². The maximum atomic E-state index is 11.6. The van der Waals surface area contributed by atoms with Crippen molar-refractivity contribution in [3.63, 3.8) is 0 Å². The molecule has 0 heterocycles. The van der Waals surface area contributed by atoms with Gasteiger partial charge in [-0.25, -0.2) is 0 Å². The van der Waals surface area contributed by atoms with Gasteiger partial charge in [-0.2, -0.15) is 0 Å². The molecular formula is C46H74O6Si2. The standard InChI is InChI=1S/C46H74O6Si2/c1-37(34-43(52-54(14,15)46(7,8)9)39(3)35-50-36-40-28-30-41(48-10)31-29-40)25-23-21-19-17-16-18-20-22-24-26-42(51-53(12,13)45(4,5)6)33-38(2)27-32-44(47)49-11/h16-25,28-31,33-34,39,42-43H,26-27,32,35-36H2,1-15H3/b17-16+,20-18+,21-19+,24-22+,25-23+,37-34+,38-33+/t39-,42-,43+/m0/s1. The van der Waals surface area contributed by atoms with Crippen LogP contribution in [0.25, 0.3) is 0 Å². The molecule has 302 valence electrons. The molecule has 0 aromatic heterocycles. The maximum Gasteiger partial charge on any atom is 0.305 e. The predicted molar refractivity (Wildman–Crippen MR) is 235 cm³/mol. The van der Waals surface area contributed by atoms with Crippen LogP contribution in [0.15, 0.2) is 108 Å². The van der Waals surface area contributed by atoms with Crippen molar-refractivity contribution in [1.82, 2.24) is 0 Å². The number of allylic oxidation sites excluding steroid dienone is 11. The van der Waals surface area contributed by atoms with Crippen molar-refractivity contribution in [2.75, 3.05) is 20.8 Å². The van der Waals surface area contributed by atoms with Crippen molar-refractivity contribution in [3.05, 3.63) is 114 Å². The Morgan fingerprint density at radius 2 is 1.28 bits per heavy atom. The van der Waals surface area contributed by atoms with Crippen LogP contribution in [0.1, 0.15) is 87.1 Å². The fourth-order valence-corrected chi connectivity index (χ4v) is 7.33. The molecule has 6 nitrogen and oxygen atoms in total. The fraction of sp³-hybridized carbons (Fsp3) is 0.543. The minimum atomic E-state index is -2.01. The number of esters is 1. The highest BCUT2D eigenvalue weighted by Gasteiger charge is 2.40. The lowest BCUT2D eigenvalue weighted by molar-refractivity contribution is -0.140. The molecule has 1 rings (SSSR count). The maximum absolute atomic E-state index is 11.6. The Kier molecular flexibility index (Phi) is 21.6. The van der Waals surface area contributed by atoms with Crippen molar-refractivity contribution in [3.8, 4) is 5.75 Å². The molecule has 0 bridgehead atoms. The second kappa shape index (κ2) is 23.8. The van der Waals surface area contributed by atoms with Gasteiger partial charge < -0.3 is 23.1 Å². The highest BCUT2D eigenvalue weighted by Crippen LogP contribution is 2.39. The van der Waals surface area contributed by atoms with Crippen molar-refractivity contribution in [1.29, 1.82) is 0 Å². The summed E-state index contributed by atoms with van der Waals surface area (Å²) in [6.45, 7) is 30.3. The molecular weight excluding hydrogens is 705 g/mol. The highest BCUT2D eigenvalue weighted by molar-refractivity contribution is 6.74. The monoisotopic (exact) mass is 779 g/mol. The summed E-state index contributed by atoms with van der Waals surface area (Å²) < 4.78 is 29.9. The molecule has 0 radical (unpaired) electrons. The van der Waals surface area contributed by atoms with Gasteiger partial charge in [0.25, 0.3) is 0 Å². The first-order chi connectivity index (χ1) is 25.1. The lowest BCUT2D eigenvalue weighted by Crippen LogP contribution is -2.45. The van der Waals surface area contributed by atoms with Crippen LogP contribution in [0.2, 0.25) is 36.3 Å². The molecule has 0 amide bonds. The number of benzene rings is 1. The molecule has 1 aromatic rings. The van der Waals surface area contributed by atoms with Gasteiger partial charge in [-0.05, 0) is 80.6 Å². The van der Waals surface area contributed by atoms with Gasteiger partial charge in [0.2, 0.25) is 0 Å². The van der Waals surface area contributed by atoms with Crippen molar-refractivity contribution in [2.24, 2.45) is 5.92 Å². The number of ether oxygens (including phenoxy) is 3. The topological polar surface area (TPSA) is 63.2 Å². The van der Waals surface area contributed by atoms with Crippen molar-refractivity contribution < 1.29 is 27.9 Å². The van der Waals surface area contributed by atoms with Crippen LogP contribution in [0.3, 0.4) is 0 Å². The number of hydrogen-bond donors (Lipinski definition) is 0. The zero-order valence-corrected chi connectivity index (χ0v) is 38.5. The van der Waals surface area contributed by atoms with E-state index in [0.717, 1.165) is 28.9 Å². The van der Waals surface area contributed by atoms with Crippen LogP contribution in [-0.2, 0) is 29.7 Å². The molecule has 1 aromatic carbocycles. The zero-order chi connectivity index (χ0) is 41.0. The van der Waals surface area contributed by atoms with E-state index in [1.165, 1.54) is 7.11 Å². The molecule has 0 aliphatic rings. The summed E-state index contributed by atoms with van der Waals surface area (Å²) in [5.74, 6) is 0.846. The summed E-state index contributed by atoms with van der Waals surface area (Å²) >= 11 is 0. The van der Waals surface area contributed by atoms with Gasteiger partial charge in [0.05, 0.1) is 39.6 Å². The molecule has 0 fully saturated rings. The third-order valence-electron chi connectivity index (χ3n) is 10.3. The summed E-state index contributed by atoms with van der Waals surface area (Å²) in [7, 11) is -0.869. The SMILES string of the molecule is COC(=O)CC/C(C)=C/[C@H](C/C=C/C=C/C=C/C=C/C=C/C(C)=C/[C@@H](O[Si](C)(C)C(C)(C)C)[C@@H](C)COCc1ccc(OC)cc1)O[Si](C)(C)C(C)(C)C. The number of methoxy groups -OCH3 is 2. The Morgan fingerprint density at radius 1 is 0.741 bits per heavy atom. The van der Waals surface area contributed by atoms with Gasteiger partial charge in [0, 0.05) is 12.3 Å². The Hall–Kier alpha value is -3.02. The molecule has 54 heavy (non-hydrogen) atoms. The van der Waals surface area contributed by atoms with Crippen LogP contribution in [0.4, 0.5) is 0 Å². The lowest BCUT2D eigenvalue weighted by atomic mass is 10.0. The minimum absolute atomic E-state index is 0.0356. The van der Waals surface area contributed by atoms with Crippen LogP contribution >= 0.6 is 0 Å². The molecule has 0 N–H and O–H groups in total. The smallest absolute Gasteiger partial charge is 0.305 e. The van der Waals surface area contributed by atoms with E-state index in [0.29, 0.717) is 26.1 Å². The first-order valence-electron chi connectivity index (χ1n) is 19.4. The highest BCUT2D eigenvalue weighted by atomic mass is 28.4. The van der Waals surface area contributed by atoms with Crippen LogP contribution in [0, 0.1) is 5.92 Å². The number of carbonyl (C=O) groups excluding carboxylic acids is 1. The number of carbonyl (C=O) groups is 1. The largest absolute Gasteiger partial charge is 0.497 e. The average molecular weight is 779 g/mol. The van der Waals surface area contributed by atoms with E-state index in [1.807, 2.05) is 60.7 Å². The summed E-state index contributed by atoms with van der Waals surface area (Å²) in [5.41, 5.74) is 3.42. The molecule has 0 saturated carbocycles. The molecule has 0 aliphatic carbocycles. The van der Waals surface area contributed by atoms with E-state index < -0.39 is 16.6 Å². The van der Waals surface area contributed by atoms with Gasteiger partial charge in [-0.3, -0.25) is 4.79 Å². The zero-order valence-electron chi connectivity index (χ0n) is 36.5. The quantitative estimate of drug-likeness (QED) is 0.0505. The summed E-state index contributed by atoms with van der Waals surface area (Å²) in [6.07, 6.45) is 26.8.